The highest BCUT2D eigenvalue weighted by Gasteiger charge is 2.24. The van der Waals surface area contributed by atoms with Crippen molar-refractivity contribution in [1.82, 2.24) is 19.7 Å². The number of benzene rings is 2. The van der Waals surface area contributed by atoms with Crippen molar-refractivity contribution in [2.24, 2.45) is 4.99 Å². The van der Waals surface area contributed by atoms with Crippen molar-refractivity contribution >= 4 is 33.2 Å². The number of hydrogen-bond donors (Lipinski definition) is 0. The van der Waals surface area contributed by atoms with E-state index in [4.69, 9.17) is 16.6 Å². The molecule has 0 atom stereocenters. The zero-order valence-corrected chi connectivity index (χ0v) is 18.2. The third-order valence-corrected chi connectivity index (χ3v) is 5.84. The molecule has 0 bridgehead atoms. The van der Waals surface area contributed by atoms with Crippen LogP contribution in [0.4, 0.5) is 0 Å². The Morgan fingerprint density at radius 3 is 2.61 bits per heavy atom. The third kappa shape index (κ3) is 3.52. The zero-order chi connectivity index (χ0) is 19.7. The number of halogens is 2. The normalized spacial score (nSPS) is 13.1. The van der Waals surface area contributed by atoms with Crippen LogP contribution in [0.25, 0.3) is 5.69 Å². The van der Waals surface area contributed by atoms with Crippen LogP contribution in [-0.4, -0.2) is 38.5 Å². The van der Waals surface area contributed by atoms with Gasteiger partial charge in [-0.05, 0) is 37.4 Å². The molecule has 4 rings (SSSR count). The molecule has 0 amide bonds. The van der Waals surface area contributed by atoms with E-state index in [1.54, 1.807) is 0 Å². The van der Waals surface area contributed by atoms with Gasteiger partial charge < -0.3 is 0 Å². The molecule has 144 valence electrons. The molecule has 1 aliphatic rings. The quantitative estimate of drug-likeness (QED) is 0.547. The van der Waals surface area contributed by atoms with Crippen molar-refractivity contribution in [2.45, 2.75) is 26.9 Å². The van der Waals surface area contributed by atoms with E-state index < -0.39 is 0 Å². The Morgan fingerprint density at radius 2 is 1.86 bits per heavy atom. The highest BCUT2D eigenvalue weighted by molar-refractivity contribution is 9.10. The molecule has 0 saturated carbocycles. The number of hydrogen-bond acceptors (Lipinski definition) is 4. The van der Waals surface area contributed by atoms with Gasteiger partial charge in [-0.1, -0.05) is 59.6 Å². The summed E-state index contributed by atoms with van der Waals surface area (Å²) < 4.78 is 3.14. The van der Waals surface area contributed by atoms with E-state index >= 15 is 0 Å². The van der Waals surface area contributed by atoms with Gasteiger partial charge in [0.1, 0.15) is 6.54 Å². The fourth-order valence-electron chi connectivity index (χ4n) is 3.50. The minimum Gasteiger partial charge on any atom is -0.296 e. The van der Waals surface area contributed by atoms with E-state index in [2.05, 4.69) is 61.6 Å². The largest absolute Gasteiger partial charge is 0.296 e. The predicted octanol–water partition coefficient (Wildman–Crippen LogP) is 4.88. The van der Waals surface area contributed by atoms with Crippen molar-refractivity contribution < 1.29 is 0 Å². The van der Waals surface area contributed by atoms with Crippen LogP contribution >= 0.6 is 27.5 Å². The molecular formula is C21H21BrClN5. The van der Waals surface area contributed by atoms with Gasteiger partial charge in [-0.25, -0.2) is 0 Å². The van der Waals surface area contributed by atoms with Gasteiger partial charge in [0, 0.05) is 20.6 Å². The van der Waals surface area contributed by atoms with Gasteiger partial charge in [-0.2, -0.15) is 0 Å². The maximum atomic E-state index is 6.51. The first kappa shape index (κ1) is 19.3. The molecule has 0 spiro atoms. The molecule has 1 aromatic heterocycles. The van der Waals surface area contributed by atoms with Crippen LogP contribution in [-0.2, 0) is 13.1 Å². The van der Waals surface area contributed by atoms with Crippen molar-refractivity contribution in [3.63, 3.8) is 0 Å². The van der Waals surface area contributed by atoms with Crippen LogP contribution in [0.15, 0.2) is 51.9 Å². The highest BCUT2D eigenvalue weighted by Crippen LogP contribution is 2.30. The Labute approximate surface area is 178 Å². The average Bonchev–Trinajstić information content (AvgIpc) is 3.02. The summed E-state index contributed by atoms with van der Waals surface area (Å²) in [5, 5.41) is 9.61. The summed E-state index contributed by atoms with van der Waals surface area (Å²) in [6.07, 6.45) is 0. The van der Waals surface area contributed by atoms with Crippen LogP contribution < -0.4 is 0 Å². The zero-order valence-electron chi connectivity index (χ0n) is 15.9. The van der Waals surface area contributed by atoms with Gasteiger partial charge in [-0.3, -0.25) is 14.5 Å². The van der Waals surface area contributed by atoms with Crippen LogP contribution in [0.2, 0.25) is 5.02 Å². The number of aliphatic imine (C=N–C) groups is 1. The van der Waals surface area contributed by atoms with Crippen LogP contribution in [0.3, 0.4) is 0 Å². The molecule has 0 radical (unpaired) electrons. The van der Waals surface area contributed by atoms with Crippen LogP contribution in [0.5, 0.6) is 0 Å². The molecule has 1 aliphatic heterocycles. The maximum Gasteiger partial charge on any atom is 0.159 e. The lowest BCUT2D eigenvalue weighted by atomic mass is 10.0. The van der Waals surface area contributed by atoms with E-state index in [0.717, 1.165) is 58.3 Å². The lowest BCUT2D eigenvalue weighted by molar-refractivity contribution is 0.286. The molecule has 7 heteroatoms. The van der Waals surface area contributed by atoms with E-state index in [1.165, 1.54) is 0 Å². The number of fused-ring (bicyclic) bond motifs is 3. The van der Waals surface area contributed by atoms with Crippen molar-refractivity contribution in [2.75, 3.05) is 13.1 Å². The molecular weight excluding hydrogens is 438 g/mol. The first-order valence-corrected chi connectivity index (χ1v) is 10.5. The third-order valence-electron chi connectivity index (χ3n) is 5.02. The fourth-order valence-corrected chi connectivity index (χ4v) is 4.08. The Bertz CT molecular complexity index is 1040. The second-order valence-corrected chi connectivity index (χ2v) is 7.96. The summed E-state index contributed by atoms with van der Waals surface area (Å²) in [6.45, 7) is 7.45. The van der Waals surface area contributed by atoms with Crippen LogP contribution in [0, 0.1) is 0 Å². The van der Waals surface area contributed by atoms with E-state index in [-0.39, 0.29) is 0 Å². The van der Waals surface area contributed by atoms with Gasteiger partial charge in [0.2, 0.25) is 0 Å². The van der Waals surface area contributed by atoms with E-state index in [9.17, 15) is 0 Å². The Kier molecular flexibility index (Phi) is 5.62. The second kappa shape index (κ2) is 8.15. The maximum absolute atomic E-state index is 6.51. The standard InChI is InChI=1S/C21H21BrClN5/c1-3-27(4-2)13-20-26-25-19-12-24-21(15-7-5-6-8-17(15)23)16-11-14(22)9-10-18(16)28(19)20/h5-11H,3-4,12-13H2,1-2H3. The summed E-state index contributed by atoms with van der Waals surface area (Å²) in [6, 6.07) is 14.0. The highest BCUT2D eigenvalue weighted by atomic mass is 79.9. The second-order valence-electron chi connectivity index (χ2n) is 6.64. The molecule has 3 aromatic rings. The van der Waals surface area contributed by atoms with E-state index in [0.29, 0.717) is 11.6 Å². The molecule has 0 aliphatic carbocycles. The molecule has 2 aromatic carbocycles. The molecule has 0 saturated heterocycles. The van der Waals surface area contributed by atoms with Crippen molar-refractivity contribution in [3.05, 3.63) is 74.7 Å². The lowest BCUT2D eigenvalue weighted by Crippen LogP contribution is -2.24. The first-order chi connectivity index (χ1) is 13.6. The van der Waals surface area contributed by atoms with E-state index in [1.807, 2.05) is 30.3 Å². The summed E-state index contributed by atoms with van der Waals surface area (Å²) in [5.74, 6) is 1.77. The van der Waals surface area contributed by atoms with Gasteiger partial charge in [-0.15, -0.1) is 10.2 Å². The summed E-state index contributed by atoms with van der Waals surface area (Å²) in [7, 11) is 0. The van der Waals surface area contributed by atoms with Crippen LogP contribution in [0.1, 0.15) is 36.6 Å². The minimum atomic E-state index is 0.456. The molecule has 2 heterocycles. The van der Waals surface area contributed by atoms with Crippen molar-refractivity contribution in [3.8, 4) is 5.69 Å². The number of rotatable bonds is 5. The summed E-state index contributed by atoms with van der Waals surface area (Å²) in [4.78, 5) is 7.22. The summed E-state index contributed by atoms with van der Waals surface area (Å²) in [5.41, 5.74) is 3.84. The first-order valence-electron chi connectivity index (χ1n) is 9.37. The molecule has 0 unspecified atom stereocenters. The van der Waals surface area contributed by atoms with Gasteiger partial charge >= 0.3 is 0 Å². The topological polar surface area (TPSA) is 46.3 Å². The Hall–Kier alpha value is -2.02. The average molecular weight is 459 g/mol. The molecule has 5 nitrogen and oxygen atoms in total. The number of aromatic nitrogens is 3. The Morgan fingerprint density at radius 1 is 1.07 bits per heavy atom. The fraction of sp³-hybridized carbons (Fsp3) is 0.286. The van der Waals surface area contributed by atoms with Gasteiger partial charge in [0.05, 0.1) is 17.9 Å². The van der Waals surface area contributed by atoms with Gasteiger partial charge in [0.25, 0.3) is 0 Å². The molecule has 28 heavy (non-hydrogen) atoms. The van der Waals surface area contributed by atoms with Crippen molar-refractivity contribution in [1.29, 1.82) is 0 Å². The number of nitrogens with zero attached hydrogens (tertiary/aromatic N) is 5. The summed E-state index contributed by atoms with van der Waals surface area (Å²) >= 11 is 10.1. The monoisotopic (exact) mass is 457 g/mol. The minimum absolute atomic E-state index is 0.456. The smallest absolute Gasteiger partial charge is 0.159 e. The van der Waals surface area contributed by atoms with Gasteiger partial charge in [0.15, 0.2) is 11.6 Å². The molecule has 0 fully saturated rings. The SMILES string of the molecule is CCN(CC)Cc1nnc2n1-c1ccc(Br)cc1C(c1ccccc1Cl)=NC2. The predicted molar refractivity (Wildman–Crippen MR) is 116 cm³/mol. The molecule has 0 N–H and O–H groups in total. The Balaban J connectivity index is 1.89. The lowest BCUT2D eigenvalue weighted by Gasteiger charge is -2.19.